The molecule has 1 aromatic carbocycles. The third-order valence-corrected chi connectivity index (χ3v) is 2.79. The second kappa shape index (κ2) is 3.71. The predicted octanol–water partition coefficient (Wildman–Crippen LogP) is 2.99. The number of aromatic nitrogens is 3. The fourth-order valence-electron chi connectivity index (χ4n) is 1.24. The molecule has 0 fully saturated rings. The van der Waals surface area contributed by atoms with Crippen LogP contribution in [0.2, 0.25) is 5.28 Å². The molecule has 0 aliphatic carbocycles. The van der Waals surface area contributed by atoms with Gasteiger partial charge in [-0.05, 0) is 46.6 Å². The average Bonchev–Trinajstić information content (AvgIpc) is 2.48. The smallest absolute Gasteiger partial charge is 0.229 e. The molecule has 0 aliphatic heterocycles. The van der Waals surface area contributed by atoms with Crippen molar-refractivity contribution >= 4 is 27.5 Å². The monoisotopic (exact) mass is 271 g/mol. The van der Waals surface area contributed by atoms with Crippen molar-refractivity contribution in [3.63, 3.8) is 0 Å². The maximum Gasteiger partial charge on any atom is 0.229 e. The molecule has 0 radical (unpaired) electrons. The summed E-state index contributed by atoms with van der Waals surface area (Å²) in [7, 11) is 0. The summed E-state index contributed by atoms with van der Waals surface area (Å²) in [5, 5.41) is 8.05. The Morgan fingerprint density at radius 1 is 1.29 bits per heavy atom. The zero-order chi connectivity index (χ0) is 10.1. The molecule has 0 aliphatic rings. The molecule has 2 aromatic rings. The minimum atomic E-state index is 0.370. The average molecular weight is 273 g/mol. The van der Waals surface area contributed by atoms with Crippen LogP contribution in [0.25, 0.3) is 5.69 Å². The van der Waals surface area contributed by atoms with Crippen molar-refractivity contribution < 1.29 is 0 Å². The van der Waals surface area contributed by atoms with E-state index in [2.05, 4.69) is 26.1 Å². The van der Waals surface area contributed by atoms with Gasteiger partial charge in [-0.3, -0.25) is 4.57 Å². The van der Waals surface area contributed by atoms with E-state index in [-0.39, 0.29) is 0 Å². The molecule has 0 unspecified atom stereocenters. The van der Waals surface area contributed by atoms with Crippen LogP contribution in [0.4, 0.5) is 0 Å². The summed E-state index contributed by atoms with van der Waals surface area (Å²) in [6.07, 6.45) is 0. The van der Waals surface area contributed by atoms with E-state index in [4.69, 9.17) is 11.6 Å². The number of benzene rings is 1. The second-order valence-corrected chi connectivity index (χ2v) is 4.00. The highest BCUT2D eigenvalue weighted by Gasteiger charge is 2.10. The summed E-state index contributed by atoms with van der Waals surface area (Å²) in [5.41, 5.74) is 0.944. The number of halogens is 2. The molecule has 3 nitrogen and oxygen atoms in total. The minimum absolute atomic E-state index is 0.370. The molecule has 5 heteroatoms. The first-order chi connectivity index (χ1) is 6.70. The first kappa shape index (κ1) is 9.68. The van der Waals surface area contributed by atoms with Gasteiger partial charge in [-0.2, -0.15) is 0 Å². The van der Waals surface area contributed by atoms with Gasteiger partial charge in [-0.25, -0.2) is 0 Å². The Kier molecular flexibility index (Phi) is 2.56. The van der Waals surface area contributed by atoms with Crippen molar-refractivity contribution in [2.24, 2.45) is 0 Å². The first-order valence-corrected chi connectivity index (χ1v) is 5.19. The molecule has 0 bridgehead atoms. The van der Waals surface area contributed by atoms with Crippen LogP contribution in [-0.4, -0.2) is 14.8 Å². The normalized spacial score (nSPS) is 10.5. The number of aryl methyl sites for hydroxylation is 1. The van der Waals surface area contributed by atoms with Crippen molar-refractivity contribution in [3.05, 3.63) is 39.8 Å². The quantitative estimate of drug-likeness (QED) is 0.799. The lowest BCUT2D eigenvalue weighted by Crippen LogP contribution is -1.97. The second-order valence-electron chi connectivity index (χ2n) is 2.80. The van der Waals surface area contributed by atoms with Gasteiger partial charge in [0.2, 0.25) is 5.28 Å². The predicted molar refractivity (Wildman–Crippen MR) is 58.8 cm³/mol. The summed E-state index contributed by atoms with van der Waals surface area (Å²) in [4.78, 5) is 0. The van der Waals surface area contributed by atoms with E-state index >= 15 is 0 Å². The van der Waals surface area contributed by atoms with Gasteiger partial charge in [0.15, 0.2) is 0 Å². The Bertz CT molecular complexity index is 447. The summed E-state index contributed by atoms with van der Waals surface area (Å²) in [6, 6.07) is 7.79. The van der Waals surface area contributed by atoms with Crippen molar-refractivity contribution in [2.45, 2.75) is 6.92 Å². The molecule has 14 heavy (non-hydrogen) atoms. The van der Waals surface area contributed by atoms with Crippen LogP contribution in [0.1, 0.15) is 5.82 Å². The Labute approximate surface area is 94.9 Å². The Balaban J connectivity index is 2.66. The van der Waals surface area contributed by atoms with Gasteiger partial charge in [-0.1, -0.05) is 12.1 Å². The SMILES string of the molecule is Cc1nnc(Cl)n1-c1ccccc1Br. The van der Waals surface area contributed by atoms with Crippen LogP contribution in [0, 0.1) is 6.92 Å². The highest BCUT2D eigenvalue weighted by molar-refractivity contribution is 9.10. The topological polar surface area (TPSA) is 30.7 Å². The molecule has 0 saturated heterocycles. The largest absolute Gasteiger partial charge is 0.269 e. The van der Waals surface area contributed by atoms with E-state index in [0.717, 1.165) is 16.0 Å². The fourth-order valence-corrected chi connectivity index (χ4v) is 1.96. The van der Waals surface area contributed by atoms with E-state index in [1.54, 1.807) is 4.57 Å². The van der Waals surface area contributed by atoms with E-state index in [9.17, 15) is 0 Å². The molecule has 0 atom stereocenters. The third kappa shape index (κ3) is 1.55. The summed E-state index contributed by atoms with van der Waals surface area (Å²) < 4.78 is 2.75. The third-order valence-electron chi connectivity index (χ3n) is 1.88. The van der Waals surface area contributed by atoms with Crippen LogP contribution in [0.5, 0.6) is 0 Å². The fraction of sp³-hybridized carbons (Fsp3) is 0.111. The van der Waals surface area contributed by atoms with Crippen molar-refractivity contribution in [2.75, 3.05) is 0 Å². The number of hydrogen-bond acceptors (Lipinski definition) is 2. The van der Waals surface area contributed by atoms with Crippen LogP contribution in [0.3, 0.4) is 0 Å². The molecule has 0 N–H and O–H groups in total. The van der Waals surface area contributed by atoms with E-state index in [1.165, 1.54) is 0 Å². The van der Waals surface area contributed by atoms with Crippen molar-refractivity contribution in [1.82, 2.24) is 14.8 Å². The molecule has 1 aromatic heterocycles. The number of para-hydroxylation sites is 1. The highest BCUT2D eigenvalue weighted by atomic mass is 79.9. The lowest BCUT2D eigenvalue weighted by Gasteiger charge is -2.06. The molecular formula is C9H7BrClN3. The maximum absolute atomic E-state index is 5.92. The molecule has 0 spiro atoms. The van der Waals surface area contributed by atoms with Crippen LogP contribution in [-0.2, 0) is 0 Å². The Hall–Kier alpha value is -0.870. The van der Waals surface area contributed by atoms with Gasteiger partial charge in [0.1, 0.15) is 5.82 Å². The summed E-state index contributed by atoms with van der Waals surface area (Å²) in [6.45, 7) is 1.86. The molecule has 0 saturated carbocycles. The zero-order valence-electron chi connectivity index (χ0n) is 7.41. The van der Waals surface area contributed by atoms with Gasteiger partial charge >= 0.3 is 0 Å². The van der Waals surface area contributed by atoms with Gasteiger partial charge in [0.25, 0.3) is 0 Å². The molecule has 0 amide bonds. The Morgan fingerprint density at radius 2 is 2.00 bits per heavy atom. The molecular weight excluding hydrogens is 265 g/mol. The number of rotatable bonds is 1. The van der Waals surface area contributed by atoms with Gasteiger partial charge in [0, 0.05) is 4.47 Å². The summed E-state index contributed by atoms with van der Waals surface area (Å²) in [5.74, 6) is 0.766. The van der Waals surface area contributed by atoms with Crippen molar-refractivity contribution in [1.29, 1.82) is 0 Å². The number of hydrogen-bond donors (Lipinski definition) is 0. The van der Waals surface area contributed by atoms with E-state index in [1.807, 2.05) is 31.2 Å². The molecule has 1 heterocycles. The standard InChI is InChI=1S/C9H7BrClN3/c1-6-12-13-9(11)14(6)8-5-3-2-4-7(8)10/h2-5H,1H3. The summed E-state index contributed by atoms with van der Waals surface area (Å²) >= 11 is 9.37. The number of nitrogens with zero attached hydrogens (tertiary/aromatic N) is 3. The van der Waals surface area contributed by atoms with Crippen LogP contribution >= 0.6 is 27.5 Å². The highest BCUT2D eigenvalue weighted by Crippen LogP contribution is 2.24. The van der Waals surface area contributed by atoms with Crippen molar-refractivity contribution in [3.8, 4) is 5.69 Å². The van der Waals surface area contributed by atoms with Crippen LogP contribution in [0.15, 0.2) is 28.7 Å². The lowest BCUT2D eigenvalue weighted by atomic mass is 10.3. The van der Waals surface area contributed by atoms with Crippen LogP contribution < -0.4 is 0 Å². The minimum Gasteiger partial charge on any atom is -0.269 e. The van der Waals surface area contributed by atoms with E-state index in [0.29, 0.717) is 5.28 Å². The first-order valence-electron chi connectivity index (χ1n) is 4.02. The van der Waals surface area contributed by atoms with E-state index < -0.39 is 0 Å². The molecule has 2 rings (SSSR count). The Morgan fingerprint density at radius 3 is 2.57 bits per heavy atom. The van der Waals surface area contributed by atoms with Gasteiger partial charge in [-0.15, -0.1) is 10.2 Å². The zero-order valence-corrected chi connectivity index (χ0v) is 9.75. The van der Waals surface area contributed by atoms with Gasteiger partial charge in [0.05, 0.1) is 5.69 Å². The molecule has 72 valence electrons. The lowest BCUT2D eigenvalue weighted by molar-refractivity contribution is 0.965. The van der Waals surface area contributed by atoms with Gasteiger partial charge < -0.3 is 0 Å². The maximum atomic E-state index is 5.92.